The summed E-state index contributed by atoms with van der Waals surface area (Å²) in [6.07, 6.45) is 5.87. The monoisotopic (exact) mass is 251 g/mol. The van der Waals surface area contributed by atoms with Crippen molar-refractivity contribution in [1.29, 1.82) is 0 Å². The molecule has 6 nitrogen and oxygen atoms in total. The van der Waals surface area contributed by atoms with E-state index >= 15 is 0 Å². The van der Waals surface area contributed by atoms with Crippen LogP contribution in [0.15, 0.2) is 18.6 Å². The molecule has 1 aromatic rings. The maximum absolute atomic E-state index is 12.1. The van der Waals surface area contributed by atoms with Gasteiger partial charge in [-0.15, -0.1) is 0 Å². The first kappa shape index (κ1) is 12.9. The summed E-state index contributed by atoms with van der Waals surface area (Å²) in [5, 5.41) is 0. The minimum absolute atomic E-state index is 0.0936. The van der Waals surface area contributed by atoms with Gasteiger partial charge in [0.1, 0.15) is 5.69 Å². The molecule has 1 saturated heterocycles. The molecule has 1 aliphatic heterocycles. The minimum atomic E-state index is -0.556. The van der Waals surface area contributed by atoms with E-state index in [1.165, 1.54) is 12.4 Å². The lowest BCUT2D eigenvalue weighted by Crippen LogP contribution is -2.48. The van der Waals surface area contributed by atoms with Crippen molar-refractivity contribution in [3.05, 3.63) is 24.3 Å². The van der Waals surface area contributed by atoms with Gasteiger partial charge in [0.25, 0.3) is 5.91 Å². The molecule has 2 heterocycles. The van der Waals surface area contributed by atoms with Crippen molar-refractivity contribution in [1.82, 2.24) is 14.9 Å². The third-order valence-electron chi connectivity index (χ3n) is 3.34. The van der Waals surface area contributed by atoms with Crippen LogP contribution in [0.25, 0.3) is 0 Å². The largest absolute Gasteiger partial charge is 0.353 e. The van der Waals surface area contributed by atoms with Gasteiger partial charge in [-0.1, -0.05) is 0 Å². The maximum atomic E-state index is 12.1. The highest BCUT2D eigenvalue weighted by Gasteiger charge is 2.36. The summed E-state index contributed by atoms with van der Waals surface area (Å²) in [6, 6.07) is 0. The number of piperidine rings is 1. The lowest BCUT2D eigenvalue weighted by Gasteiger charge is -2.39. The van der Waals surface area contributed by atoms with Gasteiger partial charge in [-0.2, -0.15) is 0 Å². The van der Waals surface area contributed by atoms with Crippen LogP contribution in [0.4, 0.5) is 0 Å². The van der Waals surface area contributed by atoms with Gasteiger partial charge in [-0.25, -0.2) is 4.98 Å². The Hall–Kier alpha value is -1.53. The van der Waals surface area contributed by atoms with E-state index in [0.717, 1.165) is 0 Å². The van der Waals surface area contributed by atoms with Crippen LogP contribution in [0.1, 0.15) is 23.3 Å². The standard InChI is InChI=1S/C12H17N3O3/c1-17-12(18-2)3-7-15(8-4-12)11(16)10-9-13-5-6-14-10/h5-6,9H,3-4,7-8H2,1-2H3. The van der Waals surface area contributed by atoms with Crippen LogP contribution < -0.4 is 0 Å². The third-order valence-corrected chi connectivity index (χ3v) is 3.34. The first-order valence-corrected chi connectivity index (χ1v) is 5.86. The molecular weight excluding hydrogens is 234 g/mol. The lowest BCUT2D eigenvalue weighted by atomic mass is 10.0. The molecule has 98 valence electrons. The summed E-state index contributed by atoms with van der Waals surface area (Å²) < 4.78 is 10.7. The number of nitrogens with zero attached hydrogens (tertiary/aromatic N) is 3. The zero-order valence-electron chi connectivity index (χ0n) is 10.6. The molecule has 0 atom stereocenters. The van der Waals surface area contributed by atoms with Crippen molar-refractivity contribution in [2.24, 2.45) is 0 Å². The van der Waals surface area contributed by atoms with Crippen molar-refractivity contribution in [2.75, 3.05) is 27.3 Å². The second-order valence-electron chi connectivity index (χ2n) is 4.20. The molecule has 0 aromatic carbocycles. The highest BCUT2D eigenvalue weighted by molar-refractivity contribution is 5.92. The highest BCUT2D eigenvalue weighted by atomic mass is 16.7. The molecule has 0 spiro atoms. The van der Waals surface area contributed by atoms with Crippen molar-refractivity contribution in [2.45, 2.75) is 18.6 Å². The van der Waals surface area contributed by atoms with E-state index in [-0.39, 0.29) is 5.91 Å². The Morgan fingerprint density at radius 2 is 1.94 bits per heavy atom. The molecule has 18 heavy (non-hydrogen) atoms. The van der Waals surface area contributed by atoms with Crippen molar-refractivity contribution < 1.29 is 14.3 Å². The predicted octanol–water partition coefficient (Wildman–Crippen LogP) is 0.702. The number of rotatable bonds is 3. The average Bonchev–Trinajstić information content (AvgIpc) is 2.47. The fourth-order valence-electron chi connectivity index (χ4n) is 2.11. The molecule has 0 bridgehead atoms. The normalized spacial score (nSPS) is 18.7. The summed E-state index contributed by atoms with van der Waals surface area (Å²) in [4.78, 5) is 21.8. The summed E-state index contributed by atoms with van der Waals surface area (Å²) in [6.45, 7) is 1.19. The lowest BCUT2D eigenvalue weighted by molar-refractivity contribution is -0.226. The van der Waals surface area contributed by atoms with Crippen LogP contribution in [-0.2, 0) is 9.47 Å². The van der Waals surface area contributed by atoms with Gasteiger partial charge in [0.15, 0.2) is 5.79 Å². The van der Waals surface area contributed by atoms with E-state index < -0.39 is 5.79 Å². The quantitative estimate of drug-likeness (QED) is 0.740. The minimum Gasteiger partial charge on any atom is -0.353 e. The summed E-state index contributed by atoms with van der Waals surface area (Å²) in [5.74, 6) is -0.650. The Kier molecular flexibility index (Phi) is 3.88. The van der Waals surface area contributed by atoms with Gasteiger partial charge >= 0.3 is 0 Å². The number of carbonyl (C=O) groups is 1. The molecule has 1 fully saturated rings. The molecule has 2 rings (SSSR count). The topological polar surface area (TPSA) is 64.6 Å². The molecule has 0 unspecified atom stereocenters. The first-order valence-electron chi connectivity index (χ1n) is 5.86. The number of aromatic nitrogens is 2. The maximum Gasteiger partial charge on any atom is 0.274 e. The zero-order valence-corrected chi connectivity index (χ0v) is 10.6. The summed E-state index contributed by atoms with van der Waals surface area (Å²) >= 11 is 0. The van der Waals surface area contributed by atoms with E-state index in [2.05, 4.69) is 9.97 Å². The van der Waals surface area contributed by atoms with E-state index in [4.69, 9.17) is 9.47 Å². The van der Waals surface area contributed by atoms with Crippen LogP contribution in [0.3, 0.4) is 0 Å². The van der Waals surface area contributed by atoms with Gasteiger partial charge in [0, 0.05) is 52.5 Å². The number of ether oxygens (including phenoxy) is 2. The Bertz CT molecular complexity index is 396. The van der Waals surface area contributed by atoms with Gasteiger partial charge in [-0.05, 0) is 0 Å². The Balaban J connectivity index is 2.00. The molecule has 1 amide bonds. The number of carbonyl (C=O) groups excluding carboxylic acids is 1. The molecule has 0 radical (unpaired) electrons. The number of methoxy groups -OCH3 is 2. The fourth-order valence-corrected chi connectivity index (χ4v) is 2.11. The Morgan fingerprint density at radius 1 is 1.28 bits per heavy atom. The summed E-state index contributed by atoms with van der Waals surface area (Å²) in [7, 11) is 3.26. The van der Waals surface area contributed by atoms with Gasteiger partial charge in [0.05, 0.1) is 6.20 Å². The smallest absolute Gasteiger partial charge is 0.274 e. The Morgan fingerprint density at radius 3 is 2.44 bits per heavy atom. The van der Waals surface area contributed by atoms with Crippen molar-refractivity contribution in [3.8, 4) is 0 Å². The summed E-state index contributed by atoms with van der Waals surface area (Å²) in [5.41, 5.74) is 0.375. The highest BCUT2D eigenvalue weighted by Crippen LogP contribution is 2.26. The molecule has 0 saturated carbocycles. The van der Waals surface area contributed by atoms with E-state index in [1.54, 1.807) is 25.3 Å². The van der Waals surface area contributed by atoms with Crippen LogP contribution >= 0.6 is 0 Å². The number of amides is 1. The van der Waals surface area contributed by atoms with Crippen LogP contribution in [-0.4, -0.2) is 53.9 Å². The number of hydrogen-bond donors (Lipinski definition) is 0. The van der Waals surface area contributed by atoms with Crippen LogP contribution in [0.2, 0.25) is 0 Å². The number of hydrogen-bond acceptors (Lipinski definition) is 5. The van der Waals surface area contributed by atoms with Crippen molar-refractivity contribution in [3.63, 3.8) is 0 Å². The average molecular weight is 251 g/mol. The number of likely N-dealkylation sites (tertiary alicyclic amines) is 1. The molecule has 0 N–H and O–H groups in total. The van der Waals surface area contributed by atoms with Gasteiger partial charge < -0.3 is 14.4 Å². The third kappa shape index (κ3) is 2.49. The van der Waals surface area contributed by atoms with E-state index in [9.17, 15) is 4.79 Å². The van der Waals surface area contributed by atoms with E-state index in [0.29, 0.717) is 31.6 Å². The van der Waals surface area contributed by atoms with Crippen LogP contribution in [0.5, 0.6) is 0 Å². The SMILES string of the molecule is COC1(OC)CCN(C(=O)c2cnccn2)CC1. The fraction of sp³-hybridized carbons (Fsp3) is 0.583. The zero-order chi connectivity index (χ0) is 13.0. The van der Waals surface area contributed by atoms with E-state index in [1.807, 2.05) is 0 Å². The first-order chi connectivity index (χ1) is 8.71. The predicted molar refractivity (Wildman–Crippen MR) is 63.9 cm³/mol. The molecular formula is C12H17N3O3. The molecule has 6 heteroatoms. The van der Waals surface area contributed by atoms with Crippen molar-refractivity contribution >= 4 is 5.91 Å². The van der Waals surface area contributed by atoms with Crippen LogP contribution in [0, 0.1) is 0 Å². The van der Waals surface area contributed by atoms with Gasteiger partial charge in [0.2, 0.25) is 0 Å². The second-order valence-corrected chi connectivity index (χ2v) is 4.20. The second kappa shape index (κ2) is 5.41. The molecule has 1 aliphatic rings. The molecule has 0 aliphatic carbocycles. The van der Waals surface area contributed by atoms with Gasteiger partial charge in [-0.3, -0.25) is 9.78 Å². The Labute approximate surface area is 106 Å². The molecule has 1 aromatic heterocycles.